The standard InChI is InChI=1S/C9H16N4O/c1-7-8(10)6-12-13(7)5-3-4-9(14)11-2/h6H,3-5,10H2,1-2H3,(H,11,14). The minimum atomic E-state index is 0.0581. The first kappa shape index (κ1) is 10.6. The Bertz CT molecular complexity index is 319. The monoisotopic (exact) mass is 196 g/mol. The van der Waals surface area contributed by atoms with E-state index in [-0.39, 0.29) is 5.91 Å². The van der Waals surface area contributed by atoms with Gasteiger partial charge in [-0.3, -0.25) is 9.48 Å². The van der Waals surface area contributed by atoms with Crippen molar-refractivity contribution >= 4 is 11.6 Å². The zero-order chi connectivity index (χ0) is 10.6. The molecule has 3 N–H and O–H groups in total. The number of hydrogen-bond donors (Lipinski definition) is 2. The first-order valence-corrected chi connectivity index (χ1v) is 4.63. The Labute approximate surface area is 83.3 Å². The molecule has 5 nitrogen and oxygen atoms in total. The predicted octanol–water partition coefficient (Wildman–Crippen LogP) is 0.300. The lowest BCUT2D eigenvalue weighted by Crippen LogP contribution is -2.18. The molecule has 0 saturated heterocycles. The molecule has 78 valence electrons. The Kier molecular flexibility index (Phi) is 3.50. The summed E-state index contributed by atoms with van der Waals surface area (Å²) in [4.78, 5) is 10.9. The molecule has 5 heteroatoms. The van der Waals surface area contributed by atoms with Crippen LogP contribution in [0.2, 0.25) is 0 Å². The Morgan fingerprint density at radius 3 is 2.93 bits per heavy atom. The van der Waals surface area contributed by atoms with E-state index in [1.54, 1.807) is 13.2 Å². The highest BCUT2D eigenvalue weighted by atomic mass is 16.1. The summed E-state index contributed by atoms with van der Waals surface area (Å²) in [6.45, 7) is 2.65. The van der Waals surface area contributed by atoms with Crippen molar-refractivity contribution in [3.8, 4) is 0 Å². The predicted molar refractivity (Wildman–Crippen MR) is 54.7 cm³/mol. The van der Waals surface area contributed by atoms with Crippen LogP contribution < -0.4 is 11.1 Å². The fraction of sp³-hybridized carbons (Fsp3) is 0.556. The summed E-state index contributed by atoms with van der Waals surface area (Å²) in [6.07, 6.45) is 2.94. The number of aromatic nitrogens is 2. The van der Waals surface area contributed by atoms with Crippen molar-refractivity contribution in [2.75, 3.05) is 12.8 Å². The summed E-state index contributed by atoms with van der Waals surface area (Å²) in [6, 6.07) is 0. The van der Waals surface area contributed by atoms with E-state index in [4.69, 9.17) is 5.73 Å². The minimum Gasteiger partial charge on any atom is -0.396 e. The van der Waals surface area contributed by atoms with Gasteiger partial charge in [0.15, 0.2) is 0 Å². The second-order valence-electron chi connectivity index (χ2n) is 3.19. The second kappa shape index (κ2) is 4.64. The number of carbonyl (C=O) groups is 1. The highest BCUT2D eigenvalue weighted by Gasteiger charge is 2.03. The molecule has 1 amide bonds. The summed E-state index contributed by atoms with van der Waals surface area (Å²) < 4.78 is 1.82. The number of carbonyl (C=O) groups excluding carboxylic acids is 1. The van der Waals surface area contributed by atoms with Crippen LogP contribution in [0.25, 0.3) is 0 Å². The van der Waals surface area contributed by atoms with Gasteiger partial charge in [0, 0.05) is 20.0 Å². The molecular weight excluding hydrogens is 180 g/mol. The molecule has 0 aliphatic carbocycles. The molecule has 0 aliphatic heterocycles. The zero-order valence-electron chi connectivity index (χ0n) is 8.58. The lowest BCUT2D eigenvalue weighted by molar-refractivity contribution is -0.120. The molecular formula is C9H16N4O. The van der Waals surface area contributed by atoms with Gasteiger partial charge in [0.05, 0.1) is 17.6 Å². The van der Waals surface area contributed by atoms with Crippen molar-refractivity contribution < 1.29 is 4.79 Å². The molecule has 0 aliphatic rings. The van der Waals surface area contributed by atoms with Gasteiger partial charge >= 0.3 is 0 Å². The Balaban J connectivity index is 2.39. The van der Waals surface area contributed by atoms with Gasteiger partial charge in [-0.2, -0.15) is 5.10 Å². The number of nitrogens with one attached hydrogen (secondary N) is 1. The molecule has 1 aromatic heterocycles. The number of nitrogens with zero attached hydrogens (tertiary/aromatic N) is 2. The van der Waals surface area contributed by atoms with Crippen LogP contribution in [0.5, 0.6) is 0 Å². The number of amides is 1. The molecule has 0 radical (unpaired) electrons. The van der Waals surface area contributed by atoms with Gasteiger partial charge in [-0.05, 0) is 13.3 Å². The summed E-state index contributed by atoms with van der Waals surface area (Å²) in [5.41, 5.74) is 7.29. The van der Waals surface area contributed by atoms with E-state index in [0.29, 0.717) is 12.1 Å². The maximum atomic E-state index is 10.9. The van der Waals surface area contributed by atoms with Gasteiger partial charge in [-0.25, -0.2) is 0 Å². The number of anilines is 1. The van der Waals surface area contributed by atoms with Crippen molar-refractivity contribution in [3.63, 3.8) is 0 Å². The summed E-state index contributed by atoms with van der Waals surface area (Å²) in [5.74, 6) is 0.0581. The van der Waals surface area contributed by atoms with Crippen LogP contribution in [-0.4, -0.2) is 22.7 Å². The zero-order valence-corrected chi connectivity index (χ0v) is 8.58. The van der Waals surface area contributed by atoms with Crippen LogP contribution in [0, 0.1) is 6.92 Å². The second-order valence-corrected chi connectivity index (χ2v) is 3.19. The third-order valence-electron chi connectivity index (χ3n) is 2.19. The average molecular weight is 196 g/mol. The molecule has 0 aromatic carbocycles. The van der Waals surface area contributed by atoms with Gasteiger partial charge in [-0.1, -0.05) is 0 Å². The van der Waals surface area contributed by atoms with E-state index in [0.717, 1.165) is 18.7 Å². The number of hydrogen-bond acceptors (Lipinski definition) is 3. The van der Waals surface area contributed by atoms with Crippen molar-refractivity contribution in [3.05, 3.63) is 11.9 Å². The fourth-order valence-electron chi connectivity index (χ4n) is 1.20. The molecule has 1 aromatic rings. The molecule has 0 spiro atoms. The van der Waals surface area contributed by atoms with E-state index in [1.165, 1.54) is 0 Å². The molecule has 1 heterocycles. The van der Waals surface area contributed by atoms with Crippen molar-refractivity contribution in [1.29, 1.82) is 0 Å². The Morgan fingerprint density at radius 2 is 2.43 bits per heavy atom. The number of aryl methyl sites for hydroxylation is 1. The topological polar surface area (TPSA) is 72.9 Å². The van der Waals surface area contributed by atoms with E-state index < -0.39 is 0 Å². The van der Waals surface area contributed by atoms with E-state index in [9.17, 15) is 4.79 Å². The number of nitrogens with two attached hydrogens (primary N) is 1. The third kappa shape index (κ3) is 2.48. The van der Waals surface area contributed by atoms with Crippen LogP contribution in [-0.2, 0) is 11.3 Å². The highest BCUT2D eigenvalue weighted by molar-refractivity contribution is 5.75. The summed E-state index contributed by atoms with van der Waals surface area (Å²) >= 11 is 0. The van der Waals surface area contributed by atoms with E-state index in [2.05, 4.69) is 10.4 Å². The normalized spacial score (nSPS) is 10.1. The largest absolute Gasteiger partial charge is 0.396 e. The van der Waals surface area contributed by atoms with Crippen LogP contribution in [0.1, 0.15) is 18.5 Å². The van der Waals surface area contributed by atoms with Gasteiger partial charge in [0.2, 0.25) is 5.91 Å². The summed E-state index contributed by atoms with van der Waals surface area (Å²) in [5, 5.41) is 6.68. The SMILES string of the molecule is CNC(=O)CCCn1ncc(N)c1C. The van der Waals surface area contributed by atoms with Crippen LogP contribution >= 0.6 is 0 Å². The lowest BCUT2D eigenvalue weighted by Gasteiger charge is -2.03. The van der Waals surface area contributed by atoms with Crippen LogP contribution in [0.4, 0.5) is 5.69 Å². The first-order chi connectivity index (χ1) is 6.65. The van der Waals surface area contributed by atoms with Crippen molar-refractivity contribution in [2.45, 2.75) is 26.3 Å². The van der Waals surface area contributed by atoms with Crippen LogP contribution in [0.3, 0.4) is 0 Å². The number of nitrogen functional groups attached to an aromatic ring is 1. The van der Waals surface area contributed by atoms with E-state index >= 15 is 0 Å². The first-order valence-electron chi connectivity index (χ1n) is 4.63. The molecule has 0 unspecified atom stereocenters. The lowest BCUT2D eigenvalue weighted by atomic mass is 10.3. The molecule has 0 saturated carbocycles. The molecule has 0 fully saturated rings. The fourth-order valence-corrected chi connectivity index (χ4v) is 1.20. The van der Waals surface area contributed by atoms with Gasteiger partial charge < -0.3 is 11.1 Å². The maximum absolute atomic E-state index is 10.9. The Hall–Kier alpha value is -1.52. The highest BCUT2D eigenvalue weighted by Crippen LogP contribution is 2.09. The van der Waals surface area contributed by atoms with Gasteiger partial charge in [-0.15, -0.1) is 0 Å². The Morgan fingerprint density at radius 1 is 1.71 bits per heavy atom. The number of rotatable bonds is 4. The average Bonchev–Trinajstić information content (AvgIpc) is 2.49. The van der Waals surface area contributed by atoms with Gasteiger partial charge in [0.25, 0.3) is 0 Å². The van der Waals surface area contributed by atoms with Crippen molar-refractivity contribution in [1.82, 2.24) is 15.1 Å². The minimum absolute atomic E-state index is 0.0581. The van der Waals surface area contributed by atoms with Gasteiger partial charge in [0.1, 0.15) is 0 Å². The molecule has 14 heavy (non-hydrogen) atoms. The molecule has 0 atom stereocenters. The quantitative estimate of drug-likeness (QED) is 0.727. The smallest absolute Gasteiger partial charge is 0.219 e. The molecule has 0 bridgehead atoms. The third-order valence-corrected chi connectivity index (χ3v) is 2.19. The molecule has 1 rings (SSSR count). The van der Waals surface area contributed by atoms with Crippen molar-refractivity contribution in [2.24, 2.45) is 0 Å². The summed E-state index contributed by atoms with van der Waals surface area (Å²) in [7, 11) is 1.64. The van der Waals surface area contributed by atoms with E-state index in [1.807, 2.05) is 11.6 Å². The maximum Gasteiger partial charge on any atom is 0.219 e. The van der Waals surface area contributed by atoms with Crippen LogP contribution in [0.15, 0.2) is 6.20 Å².